The Hall–Kier alpha value is -0.620. The molecule has 1 saturated carbocycles. The fourth-order valence-electron chi connectivity index (χ4n) is 1.91. The van der Waals surface area contributed by atoms with Crippen LogP contribution < -0.4 is 5.73 Å². The number of benzene rings is 1. The van der Waals surface area contributed by atoms with E-state index >= 15 is 0 Å². The largest absolute Gasteiger partial charge is 0.383 e. The van der Waals surface area contributed by atoms with Gasteiger partial charge in [-0.15, -0.1) is 0 Å². The Balaban J connectivity index is 2.25. The molecule has 2 N–H and O–H groups in total. The van der Waals surface area contributed by atoms with Crippen LogP contribution in [0.5, 0.6) is 0 Å². The van der Waals surface area contributed by atoms with Gasteiger partial charge in [0.1, 0.15) is 0 Å². The zero-order valence-electron chi connectivity index (χ0n) is 9.39. The lowest BCUT2D eigenvalue weighted by Crippen LogP contribution is -2.35. The molecule has 0 spiro atoms. The van der Waals surface area contributed by atoms with Gasteiger partial charge in [0.25, 0.3) is 0 Å². The molecule has 0 heterocycles. The topological polar surface area (TPSA) is 69.4 Å². The summed E-state index contributed by atoms with van der Waals surface area (Å²) < 4.78 is 29.4. The number of nitrogens with two attached hydrogens (primary N) is 1. The first kappa shape index (κ1) is 12.8. The van der Waals surface area contributed by atoms with Gasteiger partial charge in [0.2, 0.25) is 0 Å². The Bertz CT molecular complexity index is 514. The number of methoxy groups -OCH3 is 1. The normalized spacial score (nSPS) is 28.1. The van der Waals surface area contributed by atoms with Crippen molar-refractivity contribution in [1.29, 1.82) is 0 Å². The molecule has 1 aromatic carbocycles. The van der Waals surface area contributed by atoms with Crippen LogP contribution in [0.25, 0.3) is 0 Å². The van der Waals surface area contributed by atoms with Gasteiger partial charge in [0, 0.05) is 12.1 Å². The number of sulfone groups is 1. The van der Waals surface area contributed by atoms with E-state index in [9.17, 15) is 8.42 Å². The lowest BCUT2D eigenvalue weighted by atomic mass is 10.3. The van der Waals surface area contributed by atoms with Gasteiger partial charge in [-0.2, -0.15) is 0 Å². The summed E-state index contributed by atoms with van der Waals surface area (Å²) in [5.41, 5.74) is 5.18. The summed E-state index contributed by atoms with van der Waals surface area (Å²) in [5, 5.41) is -0.0493. The molecular formula is C11H14ClNO3S. The standard InChI is InChI=1S/C11H14ClNO3S/c1-16-7-11(13)6-10(11)17(14,15)9-4-2-8(12)3-5-9/h2-5,10H,6-7,13H2,1H3. The lowest BCUT2D eigenvalue weighted by molar-refractivity contribution is 0.173. The number of hydrogen-bond donors (Lipinski definition) is 1. The maximum absolute atomic E-state index is 12.2. The third kappa shape index (κ3) is 2.33. The minimum Gasteiger partial charge on any atom is -0.383 e. The van der Waals surface area contributed by atoms with Crippen LogP contribution in [0.15, 0.2) is 29.2 Å². The summed E-state index contributed by atoms with van der Waals surface area (Å²) >= 11 is 5.72. The highest BCUT2D eigenvalue weighted by Gasteiger charge is 2.59. The summed E-state index contributed by atoms with van der Waals surface area (Å²) in [5.74, 6) is 0. The van der Waals surface area contributed by atoms with Gasteiger partial charge in [-0.3, -0.25) is 0 Å². The van der Waals surface area contributed by atoms with E-state index in [0.29, 0.717) is 11.4 Å². The smallest absolute Gasteiger partial charge is 0.183 e. The molecule has 4 nitrogen and oxygen atoms in total. The van der Waals surface area contributed by atoms with E-state index in [2.05, 4.69) is 0 Å². The molecule has 1 aliphatic carbocycles. The quantitative estimate of drug-likeness (QED) is 0.897. The summed E-state index contributed by atoms with van der Waals surface area (Å²) in [6, 6.07) is 6.13. The van der Waals surface area contributed by atoms with Crippen molar-refractivity contribution in [3.63, 3.8) is 0 Å². The second-order valence-corrected chi connectivity index (χ2v) is 6.92. The Labute approximate surface area is 106 Å². The molecule has 2 rings (SSSR count). The molecule has 0 radical (unpaired) electrons. The highest BCUT2D eigenvalue weighted by molar-refractivity contribution is 7.92. The van der Waals surface area contributed by atoms with Gasteiger partial charge >= 0.3 is 0 Å². The Morgan fingerprint density at radius 3 is 2.59 bits per heavy atom. The molecular weight excluding hydrogens is 262 g/mol. The molecule has 2 atom stereocenters. The Kier molecular flexibility index (Phi) is 3.20. The fourth-order valence-corrected chi connectivity index (χ4v) is 4.10. The highest BCUT2D eigenvalue weighted by Crippen LogP contribution is 2.42. The van der Waals surface area contributed by atoms with Crippen LogP contribution in [0.1, 0.15) is 6.42 Å². The Morgan fingerprint density at radius 2 is 2.06 bits per heavy atom. The SMILES string of the molecule is COCC1(N)CC1S(=O)(=O)c1ccc(Cl)cc1. The van der Waals surface area contributed by atoms with E-state index in [1.165, 1.54) is 19.2 Å². The second kappa shape index (κ2) is 4.24. The monoisotopic (exact) mass is 275 g/mol. The molecule has 0 aliphatic heterocycles. The third-order valence-corrected chi connectivity index (χ3v) is 5.54. The first-order valence-electron chi connectivity index (χ1n) is 5.17. The number of halogens is 1. The van der Waals surface area contributed by atoms with Crippen LogP contribution in [-0.4, -0.2) is 32.9 Å². The minimum absolute atomic E-state index is 0.254. The van der Waals surface area contributed by atoms with Gasteiger partial charge < -0.3 is 10.5 Å². The van der Waals surface area contributed by atoms with Crippen LogP contribution in [0.4, 0.5) is 0 Å². The molecule has 6 heteroatoms. The molecule has 94 valence electrons. The van der Waals surface area contributed by atoms with Crippen molar-refractivity contribution in [2.45, 2.75) is 22.1 Å². The molecule has 0 aromatic heterocycles. The number of hydrogen-bond acceptors (Lipinski definition) is 4. The molecule has 1 aliphatic rings. The average Bonchev–Trinajstić information content (AvgIpc) is 2.92. The van der Waals surface area contributed by atoms with Crippen molar-refractivity contribution in [1.82, 2.24) is 0 Å². The van der Waals surface area contributed by atoms with Gasteiger partial charge in [-0.25, -0.2) is 8.42 Å². The third-order valence-electron chi connectivity index (χ3n) is 2.98. The summed E-state index contributed by atoms with van der Waals surface area (Å²) in [4.78, 5) is 0.260. The van der Waals surface area contributed by atoms with E-state index in [1.807, 2.05) is 0 Å². The van der Waals surface area contributed by atoms with Crippen LogP contribution in [0.2, 0.25) is 5.02 Å². The van der Waals surface area contributed by atoms with Gasteiger partial charge in [-0.05, 0) is 30.7 Å². The zero-order chi connectivity index (χ0) is 12.7. The van der Waals surface area contributed by atoms with Crippen molar-refractivity contribution >= 4 is 21.4 Å². The van der Waals surface area contributed by atoms with E-state index in [0.717, 1.165) is 0 Å². The van der Waals surface area contributed by atoms with Gasteiger partial charge in [0.15, 0.2) is 9.84 Å². The van der Waals surface area contributed by atoms with E-state index in [-0.39, 0.29) is 11.5 Å². The zero-order valence-corrected chi connectivity index (χ0v) is 11.0. The summed E-state index contributed by atoms with van der Waals surface area (Å²) in [6.07, 6.45) is 0.436. The van der Waals surface area contributed by atoms with Crippen molar-refractivity contribution < 1.29 is 13.2 Å². The molecule has 0 bridgehead atoms. The number of ether oxygens (including phenoxy) is 1. The maximum Gasteiger partial charge on any atom is 0.183 e. The van der Waals surface area contributed by atoms with E-state index in [4.69, 9.17) is 22.1 Å². The molecule has 0 amide bonds. The number of rotatable bonds is 4. The first-order chi connectivity index (χ1) is 7.90. The van der Waals surface area contributed by atoms with Crippen LogP contribution in [-0.2, 0) is 14.6 Å². The maximum atomic E-state index is 12.2. The van der Waals surface area contributed by atoms with Crippen molar-refractivity contribution in [2.75, 3.05) is 13.7 Å². The summed E-state index contributed by atoms with van der Waals surface area (Å²) in [7, 11) is -1.86. The Morgan fingerprint density at radius 1 is 1.47 bits per heavy atom. The molecule has 0 saturated heterocycles. The van der Waals surface area contributed by atoms with Crippen molar-refractivity contribution in [3.05, 3.63) is 29.3 Å². The molecule has 1 fully saturated rings. The molecule has 17 heavy (non-hydrogen) atoms. The predicted molar refractivity (Wildman–Crippen MR) is 65.8 cm³/mol. The van der Waals surface area contributed by atoms with Crippen LogP contribution in [0, 0.1) is 0 Å². The van der Waals surface area contributed by atoms with E-state index < -0.39 is 20.6 Å². The predicted octanol–water partition coefficient (Wildman–Crippen LogP) is 1.23. The lowest BCUT2D eigenvalue weighted by Gasteiger charge is -2.10. The molecule has 2 unspecified atom stereocenters. The summed E-state index contributed by atoms with van der Waals surface area (Å²) in [6.45, 7) is 0.254. The molecule has 1 aromatic rings. The van der Waals surface area contributed by atoms with Crippen LogP contribution in [0.3, 0.4) is 0 Å². The van der Waals surface area contributed by atoms with E-state index in [1.54, 1.807) is 12.1 Å². The van der Waals surface area contributed by atoms with Crippen LogP contribution >= 0.6 is 11.6 Å². The average molecular weight is 276 g/mol. The van der Waals surface area contributed by atoms with Crippen molar-refractivity contribution in [2.24, 2.45) is 5.73 Å². The van der Waals surface area contributed by atoms with Crippen molar-refractivity contribution in [3.8, 4) is 0 Å². The van der Waals surface area contributed by atoms with Gasteiger partial charge in [0.05, 0.1) is 22.3 Å². The second-order valence-electron chi connectivity index (χ2n) is 4.36. The fraction of sp³-hybridized carbons (Fsp3) is 0.455. The first-order valence-corrected chi connectivity index (χ1v) is 7.10. The highest BCUT2D eigenvalue weighted by atomic mass is 35.5. The minimum atomic E-state index is -3.38. The van der Waals surface area contributed by atoms with Gasteiger partial charge in [-0.1, -0.05) is 11.6 Å².